The first-order chi connectivity index (χ1) is 8.54. The Hall–Kier alpha value is -0.900. The fourth-order valence-electron chi connectivity index (χ4n) is 3.22. The molecule has 18 heavy (non-hydrogen) atoms. The molecular weight excluding hydrogens is 228 g/mol. The average Bonchev–Trinajstić information content (AvgIpc) is 2.28. The van der Waals surface area contributed by atoms with Gasteiger partial charge in [-0.15, -0.1) is 0 Å². The third kappa shape index (κ3) is 3.55. The second-order valence-electron chi connectivity index (χ2n) is 6.06. The standard InChI is InChI=1S/C14H24N2O2/c1-11-7-12(2)9-15(8-11)10-14(18)16-5-3-13(17)4-6-16/h11-12H,3-10H2,1-2H3. The number of hydrogen-bond donors (Lipinski definition) is 0. The first kappa shape index (κ1) is 13.5. The normalized spacial score (nSPS) is 30.6. The lowest BCUT2D eigenvalue weighted by atomic mass is 9.92. The van der Waals surface area contributed by atoms with Crippen molar-refractivity contribution in [1.29, 1.82) is 0 Å². The van der Waals surface area contributed by atoms with E-state index in [-0.39, 0.29) is 5.91 Å². The van der Waals surface area contributed by atoms with Gasteiger partial charge >= 0.3 is 0 Å². The minimum absolute atomic E-state index is 0.198. The molecule has 0 radical (unpaired) electrons. The summed E-state index contributed by atoms with van der Waals surface area (Å²) in [5.74, 6) is 1.86. The van der Waals surface area contributed by atoms with Crippen molar-refractivity contribution in [3.05, 3.63) is 0 Å². The van der Waals surface area contributed by atoms with Crippen LogP contribution in [0.2, 0.25) is 0 Å². The first-order valence-corrected chi connectivity index (χ1v) is 7.06. The molecule has 2 aliphatic heterocycles. The van der Waals surface area contributed by atoms with Crippen molar-refractivity contribution in [2.45, 2.75) is 33.1 Å². The Balaban J connectivity index is 1.81. The molecule has 2 unspecified atom stereocenters. The molecule has 2 saturated heterocycles. The van der Waals surface area contributed by atoms with Crippen LogP contribution < -0.4 is 0 Å². The third-order valence-electron chi connectivity index (χ3n) is 3.98. The summed E-state index contributed by atoms with van der Waals surface area (Å²) in [5, 5.41) is 0. The molecule has 0 aromatic carbocycles. The van der Waals surface area contributed by atoms with Crippen LogP contribution in [0.1, 0.15) is 33.1 Å². The Morgan fingerprint density at radius 3 is 2.28 bits per heavy atom. The van der Waals surface area contributed by atoms with Gasteiger partial charge in [0.25, 0.3) is 0 Å². The van der Waals surface area contributed by atoms with Gasteiger partial charge in [0, 0.05) is 39.0 Å². The number of ketones is 1. The smallest absolute Gasteiger partial charge is 0.236 e. The van der Waals surface area contributed by atoms with E-state index in [4.69, 9.17) is 0 Å². The summed E-state index contributed by atoms with van der Waals surface area (Å²) < 4.78 is 0. The van der Waals surface area contributed by atoms with Crippen molar-refractivity contribution >= 4 is 11.7 Å². The summed E-state index contributed by atoms with van der Waals surface area (Å²) in [6, 6.07) is 0. The van der Waals surface area contributed by atoms with Crippen molar-refractivity contribution in [1.82, 2.24) is 9.80 Å². The number of Topliss-reactive ketones (excluding diaryl/α,β-unsaturated/α-hetero) is 1. The van der Waals surface area contributed by atoms with Crippen LogP contribution in [-0.2, 0) is 9.59 Å². The molecule has 0 bridgehead atoms. The van der Waals surface area contributed by atoms with Crippen LogP contribution in [0.5, 0.6) is 0 Å². The fourth-order valence-corrected chi connectivity index (χ4v) is 3.22. The molecule has 0 saturated carbocycles. The molecule has 2 atom stereocenters. The lowest BCUT2D eigenvalue weighted by molar-refractivity contribution is -0.136. The van der Waals surface area contributed by atoms with Gasteiger partial charge in [-0.05, 0) is 18.3 Å². The average molecular weight is 252 g/mol. The van der Waals surface area contributed by atoms with Gasteiger partial charge in [-0.1, -0.05) is 13.8 Å². The number of nitrogens with zero attached hydrogens (tertiary/aromatic N) is 2. The Bertz CT molecular complexity index is 310. The highest BCUT2D eigenvalue weighted by molar-refractivity contribution is 5.84. The lowest BCUT2D eigenvalue weighted by Crippen LogP contribution is -2.47. The largest absolute Gasteiger partial charge is 0.341 e. The Labute approximate surface area is 109 Å². The quantitative estimate of drug-likeness (QED) is 0.740. The molecule has 4 heteroatoms. The molecule has 0 aliphatic carbocycles. The summed E-state index contributed by atoms with van der Waals surface area (Å²) in [7, 11) is 0. The lowest BCUT2D eigenvalue weighted by Gasteiger charge is -2.36. The van der Waals surface area contributed by atoms with Gasteiger partial charge < -0.3 is 4.90 Å². The molecular formula is C14H24N2O2. The van der Waals surface area contributed by atoms with E-state index < -0.39 is 0 Å². The van der Waals surface area contributed by atoms with Crippen LogP contribution in [-0.4, -0.2) is 54.2 Å². The van der Waals surface area contributed by atoms with Gasteiger partial charge in [0.05, 0.1) is 6.54 Å². The van der Waals surface area contributed by atoms with Crippen LogP contribution in [0, 0.1) is 11.8 Å². The predicted molar refractivity (Wildman–Crippen MR) is 70.2 cm³/mol. The number of hydrogen-bond acceptors (Lipinski definition) is 3. The Morgan fingerprint density at radius 2 is 1.72 bits per heavy atom. The van der Waals surface area contributed by atoms with Crippen molar-refractivity contribution in [2.75, 3.05) is 32.7 Å². The van der Waals surface area contributed by atoms with Crippen LogP contribution in [0.3, 0.4) is 0 Å². The van der Waals surface area contributed by atoms with Crippen molar-refractivity contribution < 1.29 is 9.59 Å². The molecule has 2 aliphatic rings. The van der Waals surface area contributed by atoms with Gasteiger partial charge in [-0.25, -0.2) is 0 Å². The topological polar surface area (TPSA) is 40.6 Å². The highest BCUT2D eigenvalue weighted by Crippen LogP contribution is 2.20. The molecule has 0 aromatic heterocycles. The van der Waals surface area contributed by atoms with E-state index in [1.807, 2.05) is 4.90 Å². The summed E-state index contributed by atoms with van der Waals surface area (Å²) in [6.45, 7) is 8.35. The van der Waals surface area contributed by atoms with Gasteiger partial charge in [0.1, 0.15) is 5.78 Å². The number of amides is 1. The van der Waals surface area contributed by atoms with E-state index in [1.165, 1.54) is 6.42 Å². The van der Waals surface area contributed by atoms with E-state index in [2.05, 4.69) is 18.7 Å². The summed E-state index contributed by atoms with van der Waals surface area (Å²) in [5.41, 5.74) is 0. The number of carbonyl (C=O) groups excluding carboxylic acids is 2. The Kier molecular flexibility index (Phi) is 4.38. The van der Waals surface area contributed by atoms with E-state index >= 15 is 0 Å². The maximum absolute atomic E-state index is 12.2. The predicted octanol–water partition coefficient (Wildman–Crippen LogP) is 1.16. The molecule has 2 rings (SSSR count). The van der Waals surface area contributed by atoms with E-state index in [1.54, 1.807) is 0 Å². The zero-order valence-electron chi connectivity index (χ0n) is 11.5. The third-order valence-corrected chi connectivity index (χ3v) is 3.98. The zero-order chi connectivity index (χ0) is 13.1. The van der Waals surface area contributed by atoms with Gasteiger partial charge in [-0.3, -0.25) is 14.5 Å². The summed E-state index contributed by atoms with van der Waals surface area (Å²) >= 11 is 0. The van der Waals surface area contributed by atoms with Gasteiger partial charge in [0.2, 0.25) is 5.91 Å². The van der Waals surface area contributed by atoms with E-state index in [9.17, 15) is 9.59 Å². The summed E-state index contributed by atoms with van der Waals surface area (Å²) in [4.78, 5) is 27.4. The van der Waals surface area contributed by atoms with Crippen molar-refractivity contribution in [3.63, 3.8) is 0 Å². The molecule has 4 nitrogen and oxygen atoms in total. The first-order valence-electron chi connectivity index (χ1n) is 7.06. The van der Waals surface area contributed by atoms with Crippen molar-refractivity contribution in [2.24, 2.45) is 11.8 Å². The molecule has 0 N–H and O–H groups in total. The van der Waals surface area contributed by atoms with Crippen LogP contribution in [0.15, 0.2) is 0 Å². The zero-order valence-corrected chi connectivity index (χ0v) is 11.5. The van der Waals surface area contributed by atoms with Crippen molar-refractivity contribution in [3.8, 4) is 0 Å². The fraction of sp³-hybridized carbons (Fsp3) is 0.857. The monoisotopic (exact) mass is 252 g/mol. The summed E-state index contributed by atoms with van der Waals surface area (Å²) in [6.07, 6.45) is 2.35. The second-order valence-corrected chi connectivity index (χ2v) is 6.06. The minimum atomic E-state index is 0.198. The van der Waals surface area contributed by atoms with Gasteiger partial charge in [-0.2, -0.15) is 0 Å². The SMILES string of the molecule is CC1CC(C)CN(CC(=O)N2CCC(=O)CC2)C1. The minimum Gasteiger partial charge on any atom is -0.341 e. The number of carbonyl (C=O) groups is 2. The van der Waals surface area contributed by atoms with E-state index in [0.717, 1.165) is 13.1 Å². The molecule has 0 aromatic rings. The van der Waals surface area contributed by atoms with E-state index in [0.29, 0.717) is 50.1 Å². The molecule has 1 amide bonds. The highest BCUT2D eigenvalue weighted by Gasteiger charge is 2.26. The molecule has 2 fully saturated rings. The maximum atomic E-state index is 12.2. The number of piperidine rings is 2. The highest BCUT2D eigenvalue weighted by atomic mass is 16.2. The number of rotatable bonds is 2. The van der Waals surface area contributed by atoms with Crippen LogP contribution in [0.4, 0.5) is 0 Å². The van der Waals surface area contributed by atoms with Crippen LogP contribution >= 0.6 is 0 Å². The number of likely N-dealkylation sites (tertiary alicyclic amines) is 2. The van der Waals surface area contributed by atoms with Gasteiger partial charge in [0.15, 0.2) is 0 Å². The molecule has 2 heterocycles. The maximum Gasteiger partial charge on any atom is 0.236 e. The molecule has 102 valence electrons. The molecule has 0 spiro atoms. The van der Waals surface area contributed by atoms with Crippen LogP contribution in [0.25, 0.3) is 0 Å². The Morgan fingerprint density at radius 1 is 1.17 bits per heavy atom. The second kappa shape index (κ2) is 5.83.